The van der Waals surface area contributed by atoms with Crippen molar-refractivity contribution in [2.24, 2.45) is 0 Å². The van der Waals surface area contributed by atoms with Crippen LogP contribution in [-0.2, 0) is 0 Å². The summed E-state index contributed by atoms with van der Waals surface area (Å²) >= 11 is 0. The zero-order valence-electron chi connectivity index (χ0n) is 8.52. The van der Waals surface area contributed by atoms with Gasteiger partial charge in [0.25, 0.3) is 0 Å². The third kappa shape index (κ3) is 1.81. The van der Waals surface area contributed by atoms with Gasteiger partial charge in [-0.3, -0.25) is 0 Å². The maximum atomic E-state index is 13.4. The Hall–Kier alpha value is -1.77. The molecule has 0 fully saturated rings. The van der Waals surface area contributed by atoms with Gasteiger partial charge in [0.1, 0.15) is 5.82 Å². The highest BCUT2D eigenvalue weighted by atomic mass is 19.2. The predicted octanol–water partition coefficient (Wildman–Crippen LogP) is 3.88. The van der Waals surface area contributed by atoms with Gasteiger partial charge in [0.05, 0.1) is 0 Å². The van der Waals surface area contributed by atoms with E-state index in [0.29, 0.717) is 0 Å². The second-order valence-electron chi connectivity index (χ2n) is 3.51. The molecule has 81 valence electrons. The Bertz CT molecular complexity index is 533. The summed E-state index contributed by atoms with van der Waals surface area (Å²) < 4.78 is 39.9. The largest absolute Gasteiger partial charge is 0.206 e. The van der Waals surface area contributed by atoms with Gasteiger partial charge in [-0.05, 0) is 30.7 Å². The van der Waals surface area contributed by atoms with Gasteiger partial charge in [0.15, 0.2) is 11.6 Å². The molecule has 0 nitrogen and oxygen atoms in total. The summed E-state index contributed by atoms with van der Waals surface area (Å²) in [5.41, 5.74) is 0.675. The van der Waals surface area contributed by atoms with Crippen LogP contribution in [0.1, 0.15) is 5.56 Å². The summed E-state index contributed by atoms with van der Waals surface area (Å²) in [6.45, 7) is 1.73. The van der Waals surface area contributed by atoms with E-state index in [0.717, 1.165) is 11.6 Å². The first-order chi connectivity index (χ1) is 7.59. The molecule has 0 aliphatic heterocycles. The molecular formula is C13H8F3. The van der Waals surface area contributed by atoms with E-state index in [1.54, 1.807) is 6.92 Å². The van der Waals surface area contributed by atoms with Crippen LogP contribution in [0.4, 0.5) is 13.2 Å². The second-order valence-corrected chi connectivity index (χ2v) is 3.51. The summed E-state index contributed by atoms with van der Waals surface area (Å²) in [5, 5.41) is 0. The Morgan fingerprint density at radius 1 is 1.06 bits per heavy atom. The van der Waals surface area contributed by atoms with Gasteiger partial charge in [0.2, 0.25) is 0 Å². The molecule has 16 heavy (non-hydrogen) atoms. The fourth-order valence-electron chi connectivity index (χ4n) is 1.50. The molecule has 2 aromatic rings. The number of rotatable bonds is 1. The Balaban J connectivity index is 2.67. The fraction of sp³-hybridized carbons (Fsp3) is 0.0769. The van der Waals surface area contributed by atoms with Crippen molar-refractivity contribution in [3.05, 3.63) is 59.4 Å². The molecular weight excluding hydrogens is 213 g/mol. The van der Waals surface area contributed by atoms with Gasteiger partial charge in [-0.15, -0.1) is 0 Å². The molecule has 0 saturated heterocycles. The van der Waals surface area contributed by atoms with E-state index in [-0.39, 0.29) is 11.1 Å². The van der Waals surface area contributed by atoms with Crippen LogP contribution in [0.5, 0.6) is 0 Å². The SMILES string of the molecule is Cc1c[c]c(F)c(-c2cccc(F)c2F)c1. The minimum atomic E-state index is -1.04. The van der Waals surface area contributed by atoms with Crippen LogP contribution < -0.4 is 0 Å². The standard InChI is InChI=1S/C13H8F3/c1-8-5-6-11(14)10(7-8)9-3-2-4-12(15)13(9)16/h2-5,7H,1H3. The maximum Gasteiger partial charge on any atom is 0.166 e. The minimum absolute atomic E-state index is 0.0250. The zero-order chi connectivity index (χ0) is 11.7. The topological polar surface area (TPSA) is 0 Å². The molecule has 1 radical (unpaired) electrons. The van der Waals surface area contributed by atoms with E-state index in [9.17, 15) is 13.2 Å². The highest BCUT2D eigenvalue weighted by Crippen LogP contribution is 2.27. The van der Waals surface area contributed by atoms with Crippen LogP contribution in [-0.4, -0.2) is 0 Å². The molecule has 0 N–H and O–H groups in total. The molecule has 0 saturated carbocycles. The van der Waals surface area contributed by atoms with Gasteiger partial charge >= 0.3 is 0 Å². The van der Waals surface area contributed by atoms with Crippen LogP contribution in [0, 0.1) is 30.4 Å². The van der Waals surface area contributed by atoms with E-state index < -0.39 is 17.5 Å². The van der Waals surface area contributed by atoms with Crippen molar-refractivity contribution in [1.29, 1.82) is 0 Å². The molecule has 0 bridgehead atoms. The van der Waals surface area contributed by atoms with Gasteiger partial charge in [-0.25, -0.2) is 13.2 Å². The molecule has 0 amide bonds. The normalized spacial score (nSPS) is 10.5. The van der Waals surface area contributed by atoms with Crippen molar-refractivity contribution >= 4 is 0 Å². The first-order valence-corrected chi connectivity index (χ1v) is 4.72. The molecule has 0 atom stereocenters. The summed E-state index contributed by atoms with van der Waals surface area (Å²) in [5.74, 6) is -2.71. The van der Waals surface area contributed by atoms with Crippen LogP contribution in [0.25, 0.3) is 11.1 Å². The van der Waals surface area contributed by atoms with Crippen LogP contribution in [0.2, 0.25) is 0 Å². The molecule has 0 aliphatic carbocycles. The fourth-order valence-corrected chi connectivity index (χ4v) is 1.50. The quantitative estimate of drug-likeness (QED) is 0.685. The average molecular weight is 221 g/mol. The smallest absolute Gasteiger partial charge is 0.166 e. The van der Waals surface area contributed by atoms with Crippen molar-refractivity contribution in [2.45, 2.75) is 6.92 Å². The highest BCUT2D eigenvalue weighted by Gasteiger charge is 2.13. The average Bonchev–Trinajstić information content (AvgIpc) is 2.26. The molecule has 3 heteroatoms. The lowest BCUT2D eigenvalue weighted by atomic mass is 10.0. The van der Waals surface area contributed by atoms with Gasteiger partial charge < -0.3 is 0 Å². The third-order valence-electron chi connectivity index (χ3n) is 2.28. The minimum Gasteiger partial charge on any atom is -0.206 e. The molecule has 0 spiro atoms. The van der Waals surface area contributed by atoms with Crippen LogP contribution in [0.3, 0.4) is 0 Å². The predicted molar refractivity (Wildman–Crippen MR) is 55.3 cm³/mol. The number of hydrogen-bond acceptors (Lipinski definition) is 0. The van der Waals surface area contributed by atoms with Crippen molar-refractivity contribution in [3.63, 3.8) is 0 Å². The van der Waals surface area contributed by atoms with Gasteiger partial charge in [-0.1, -0.05) is 12.1 Å². The van der Waals surface area contributed by atoms with E-state index in [1.165, 1.54) is 24.3 Å². The van der Waals surface area contributed by atoms with Crippen molar-refractivity contribution in [2.75, 3.05) is 0 Å². The van der Waals surface area contributed by atoms with Crippen molar-refractivity contribution in [1.82, 2.24) is 0 Å². The summed E-state index contributed by atoms with van der Waals surface area (Å²) in [7, 11) is 0. The van der Waals surface area contributed by atoms with E-state index in [4.69, 9.17) is 0 Å². The Kier molecular flexibility index (Phi) is 2.69. The number of aryl methyl sites for hydroxylation is 1. The molecule has 2 rings (SSSR count). The molecule has 0 unspecified atom stereocenters. The van der Waals surface area contributed by atoms with Crippen LogP contribution in [0.15, 0.2) is 30.3 Å². The monoisotopic (exact) mass is 221 g/mol. The van der Waals surface area contributed by atoms with Crippen molar-refractivity contribution in [3.8, 4) is 11.1 Å². The van der Waals surface area contributed by atoms with Gasteiger partial charge in [-0.2, -0.15) is 0 Å². The Morgan fingerprint density at radius 3 is 2.56 bits per heavy atom. The lowest BCUT2D eigenvalue weighted by molar-refractivity contribution is 0.510. The number of hydrogen-bond donors (Lipinski definition) is 0. The zero-order valence-corrected chi connectivity index (χ0v) is 8.52. The second kappa shape index (κ2) is 4.00. The van der Waals surface area contributed by atoms with Gasteiger partial charge in [0, 0.05) is 17.2 Å². The lowest BCUT2D eigenvalue weighted by Crippen LogP contribution is -1.92. The first kappa shape index (κ1) is 10.7. The van der Waals surface area contributed by atoms with Crippen LogP contribution >= 0.6 is 0 Å². The van der Waals surface area contributed by atoms with Crippen molar-refractivity contribution < 1.29 is 13.2 Å². The third-order valence-corrected chi connectivity index (χ3v) is 2.28. The Morgan fingerprint density at radius 2 is 1.81 bits per heavy atom. The van der Waals surface area contributed by atoms with E-state index in [2.05, 4.69) is 6.07 Å². The first-order valence-electron chi connectivity index (χ1n) is 4.72. The summed E-state index contributed by atoms with van der Waals surface area (Å²) in [6.07, 6.45) is 0. The molecule has 2 aromatic carbocycles. The number of benzene rings is 2. The molecule has 0 heterocycles. The summed E-state index contributed by atoms with van der Waals surface area (Å²) in [6, 6.07) is 8.95. The van der Waals surface area contributed by atoms with E-state index >= 15 is 0 Å². The highest BCUT2D eigenvalue weighted by molar-refractivity contribution is 5.65. The molecule has 0 aliphatic rings. The lowest BCUT2D eigenvalue weighted by Gasteiger charge is -2.06. The summed E-state index contributed by atoms with van der Waals surface area (Å²) in [4.78, 5) is 0. The Labute approximate surface area is 91.4 Å². The van der Waals surface area contributed by atoms with E-state index in [1.807, 2.05) is 0 Å². The maximum absolute atomic E-state index is 13.4. The number of halogens is 3. The molecule has 0 aromatic heterocycles.